The molecular weight excluding hydrogens is 272 g/mol. The summed E-state index contributed by atoms with van der Waals surface area (Å²) in [6, 6.07) is 0. The third-order valence-electron chi connectivity index (χ3n) is 4.10. The predicted molar refractivity (Wildman–Crippen MR) is 82.4 cm³/mol. The Morgan fingerprint density at radius 1 is 1.60 bits per heavy atom. The van der Waals surface area contributed by atoms with Crippen molar-refractivity contribution >= 4 is 11.3 Å². The minimum absolute atomic E-state index is 0.118. The molecule has 0 aliphatic carbocycles. The minimum Gasteiger partial charge on any atom is -0.383 e. The van der Waals surface area contributed by atoms with Gasteiger partial charge in [0.1, 0.15) is 5.01 Å². The molecule has 0 bridgehead atoms. The van der Waals surface area contributed by atoms with Gasteiger partial charge >= 0.3 is 0 Å². The van der Waals surface area contributed by atoms with Crippen LogP contribution in [0.4, 0.5) is 0 Å². The third kappa shape index (κ3) is 3.39. The number of hydrogen-bond donors (Lipinski definition) is 1. The molecule has 1 aromatic rings. The predicted octanol–water partition coefficient (Wildman–Crippen LogP) is 2.75. The average Bonchev–Trinajstić information content (AvgIpc) is 3.10. The largest absolute Gasteiger partial charge is 0.383 e. The molecular formula is C15H26N2O2S. The molecule has 0 saturated carbocycles. The zero-order chi connectivity index (χ0) is 14.6. The highest BCUT2D eigenvalue weighted by atomic mass is 32.1. The van der Waals surface area contributed by atoms with Crippen LogP contribution in [0.5, 0.6) is 0 Å². The number of thiazole rings is 1. The van der Waals surface area contributed by atoms with Gasteiger partial charge in [0, 0.05) is 31.6 Å². The van der Waals surface area contributed by atoms with Crippen LogP contribution in [0.2, 0.25) is 0 Å². The van der Waals surface area contributed by atoms with Crippen LogP contribution < -0.4 is 5.32 Å². The van der Waals surface area contributed by atoms with E-state index in [1.54, 1.807) is 18.4 Å². The average molecular weight is 298 g/mol. The van der Waals surface area contributed by atoms with Crippen LogP contribution in [0.3, 0.4) is 0 Å². The summed E-state index contributed by atoms with van der Waals surface area (Å²) in [4.78, 5) is 4.86. The van der Waals surface area contributed by atoms with Crippen molar-refractivity contribution in [2.24, 2.45) is 5.92 Å². The molecule has 1 fully saturated rings. The van der Waals surface area contributed by atoms with Gasteiger partial charge in [0.05, 0.1) is 24.4 Å². The first-order valence-electron chi connectivity index (χ1n) is 7.35. The van der Waals surface area contributed by atoms with E-state index in [4.69, 9.17) is 14.5 Å². The molecule has 1 saturated heterocycles. The Morgan fingerprint density at radius 2 is 2.40 bits per heavy atom. The zero-order valence-electron chi connectivity index (χ0n) is 12.9. The summed E-state index contributed by atoms with van der Waals surface area (Å²) in [7, 11) is 1.73. The molecule has 2 atom stereocenters. The summed E-state index contributed by atoms with van der Waals surface area (Å²) in [5, 5.41) is 7.01. The minimum atomic E-state index is -0.118. The lowest BCUT2D eigenvalue weighted by molar-refractivity contribution is 0.138. The Morgan fingerprint density at radius 3 is 2.95 bits per heavy atom. The van der Waals surface area contributed by atoms with Crippen molar-refractivity contribution in [3.8, 4) is 0 Å². The molecule has 0 radical (unpaired) electrons. The molecule has 1 aliphatic rings. The van der Waals surface area contributed by atoms with Gasteiger partial charge in [-0.3, -0.25) is 0 Å². The van der Waals surface area contributed by atoms with Crippen LogP contribution in [0, 0.1) is 5.92 Å². The molecule has 4 nitrogen and oxygen atoms in total. The van der Waals surface area contributed by atoms with E-state index in [1.807, 2.05) is 0 Å². The van der Waals surface area contributed by atoms with Gasteiger partial charge in [-0.15, -0.1) is 11.3 Å². The number of ether oxygens (including phenoxy) is 2. The van der Waals surface area contributed by atoms with Crippen LogP contribution in [-0.2, 0) is 15.0 Å². The number of hydrogen-bond acceptors (Lipinski definition) is 5. The first kappa shape index (κ1) is 15.9. The van der Waals surface area contributed by atoms with E-state index in [0.717, 1.165) is 26.2 Å². The first-order valence-corrected chi connectivity index (χ1v) is 8.23. The van der Waals surface area contributed by atoms with Gasteiger partial charge in [0.2, 0.25) is 0 Å². The maximum Gasteiger partial charge on any atom is 0.113 e. The maximum absolute atomic E-state index is 5.59. The van der Waals surface area contributed by atoms with Gasteiger partial charge < -0.3 is 14.8 Å². The van der Waals surface area contributed by atoms with Crippen LogP contribution in [0.25, 0.3) is 0 Å². The number of nitrogens with one attached hydrogen (secondary N) is 1. The fraction of sp³-hybridized carbons (Fsp3) is 0.800. The van der Waals surface area contributed by atoms with Gasteiger partial charge in [-0.25, -0.2) is 4.98 Å². The maximum atomic E-state index is 5.59. The molecule has 114 valence electrons. The number of aromatic nitrogens is 1. The topological polar surface area (TPSA) is 43.4 Å². The van der Waals surface area contributed by atoms with E-state index >= 15 is 0 Å². The van der Waals surface area contributed by atoms with E-state index < -0.39 is 0 Å². The normalized spacial score (nSPS) is 22.4. The lowest BCUT2D eigenvalue weighted by atomic mass is 9.85. The molecule has 0 spiro atoms. The van der Waals surface area contributed by atoms with E-state index in [2.05, 4.69) is 31.5 Å². The Labute approximate surface area is 125 Å². The summed E-state index contributed by atoms with van der Waals surface area (Å²) in [5.41, 5.74) is 1.07. The van der Waals surface area contributed by atoms with Crippen molar-refractivity contribution in [3.63, 3.8) is 0 Å². The molecule has 1 aliphatic heterocycles. The molecule has 2 rings (SSSR count). The van der Waals surface area contributed by atoms with Crippen LogP contribution in [0.1, 0.15) is 43.8 Å². The monoisotopic (exact) mass is 298 g/mol. The number of rotatable bonds is 7. The van der Waals surface area contributed by atoms with Crippen molar-refractivity contribution < 1.29 is 9.47 Å². The highest BCUT2D eigenvalue weighted by molar-refractivity contribution is 7.09. The Hall–Kier alpha value is -0.490. The Bertz CT molecular complexity index is 416. The Kier molecular flexibility index (Phi) is 5.55. The smallest absolute Gasteiger partial charge is 0.113 e. The number of nitrogens with zero attached hydrogens (tertiary/aromatic N) is 1. The summed E-state index contributed by atoms with van der Waals surface area (Å²) in [5.74, 6) is 0.952. The van der Waals surface area contributed by atoms with Crippen LogP contribution in [0.15, 0.2) is 5.38 Å². The second kappa shape index (κ2) is 6.98. The van der Waals surface area contributed by atoms with E-state index in [-0.39, 0.29) is 5.54 Å². The van der Waals surface area contributed by atoms with Crippen molar-refractivity contribution in [1.82, 2.24) is 10.3 Å². The quantitative estimate of drug-likeness (QED) is 0.786. The highest BCUT2D eigenvalue weighted by Crippen LogP contribution is 2.37. The second-order valence-electron chi connectivity index (χ2n) is 5.91. The summed E-state index contributed by atoms with van der Waals surface area (Å²) < 4.78 is 10.8. The van der Waals surface area contributed by atoms with Gasteiger partial charge in [-0.05, 0) is 19.3 Å². The van der Waals surface area contributed by atoms with Gasteiger partial charge in [-0.2, -0.15) is 0 Å². The molecule has 0 aromatic carbocycles. The van der Waals surface area contributed by atoms with E-state index in [0.29, 0.717) is 18.4 Å². The van der Waals surface area contributed by atoms with Gasteiger partial charge in [0.15, 0.2) is 0 Å². The fourth-order valence-corrected chi connectivity index (χ4v) is 3.79. The van der Waals surface area contributed by atoms with Crippen molar-refractivity contribution in [2.75, 3.05) is 33.5 Å². The van der Waals surface area contributed by atoms with Crippen molar-refractivity contribution in [3.05, 3.63) is 16.1 Å². The van der Waals surface area contributed by atoms with Crippen molar-refractivity contribution in [1.29, 1.82) is 0 Å². The van der Waals surface area contributed by atoms with Crippen molar-refractivity contribution in [2.45, 2.75) is 38.6 Å². The molecule has 2 heterocycles. The molecule has 5 heteroatoms. The molecule has 20 heavy (non-hydrogen) atoms. The van der Waals surface area contributed by atoms with Crippen LogP contribution >= 0.6 is 11.3 Å². The van der Waals surface area contributed by atoms with Gasteiger partial charge in [0.25, 0.3) is 0 Å². The molecule has 2 unspecified atom stereocenters. The lowest BCUT2D eigenvalue weighted by Gasteiger charge is -2.34. The van der Waals surface area contributed by atoms with Gasteiger partial charge in [-0.1, -0.05) is 13.8 Å². The second-order valence-corrected chi connectivity index (χ2v) is 6.77. The highest BCUT2D eigenvalue weighted by Gasteiger charge is 2.40. The lowest BCUT2D eigenvalue weighted by Crippen LogP contribution is -2.47. The third-order valence-corrected chi connectivity index (χ3v) is 5.20. The summed E-state index contributed by atoms with van der Waals surface area (Å²) >= 11 is 1.76. The standard InChI is InChI=1S/C15H26N2O2S/c1-11(2)13-10-20-14(17-13)15(3,16-6-8-18-4)12-5-7-19-9-12/h10-12,16H,5-9H2,1-4H3. The van der Waals surface area contributed by atoms with E-state index in [9.17, 15) is 0 Å². The SMILES string of the molecule is COCCNC(C)(c1nc(C(C)C)cs1)C1CCOC1. The first-order chi connectivity index (χ1) is 9.58. The summed E-state index contributed by atoms with van der Waals surface area (Å²) in [6.45, 7) is 9.85. The molecule has 1 N–H and O–H groups in total. The molecule has 1 aromatic heterocycles. The van der Waals surface area contributed by atoms with E-state index in [1.165, 1.54) is 10.7 Å². The fourth-order valence-electron chi connectivity index (χ4n) is 2.59. The Balaban J connectivity index is 2.19. The summed E-state index contributed by atoms with van der Waals surface area (Å²) in [6.07, 6.45) is 1.09. The zero-order valence-corrected chi connectivity index (χ0v) is 13.8. The van der Waals surface area contributed by atoms with Crippen LogP contribution in [-0.4, -0.2) is 38.5 Å². The molecule has 0 amide bonds. The number of methoxy groups -OCH3 is 1.